The van der Waals surface area contributed by atoms with Gasteiger partial charge in [-0.05, 0) is 25.5 Å². The first-order valence-corrected chi connectivity index (χ1v) is 6.40. The molecule has 0 heterocycles. The summed E-state index contributed by atoms with van der Waals surface area (Å²) in [5.41, 5.74) is 0. The molecule has 0 amide bonds. The average Bonchev–Trinajstić information content (AvgIpc) is 2.21. The van der Waals surface area contributed by atoms with Crippen molar-refractivity contribution in [3.05, 3.63) is 0 Å². The van der Waals surface area contributed by atoms with Gasteiger partial charge in [0, 0.05) is 6.54 Å². The Balaban J connectivity index is 2.96. The highest BCUT2D eigenvalue weighted by atomic mass is 14.7. The molecule has 0 rings (SSSR count). The van der Waals surface area contributed by atoms with E-state index in [2.05, 4.69) is 25.1 Å². The van der Waals surface area contributed by atoms with Crippen LogP contribution in [0.3, 0.4) is 0 Å². The Morgan fingerprint density at radius 1 is 0.786 bits per heavy atom. The zero-order valence-electron chi connectivity index (χ0n) is 10.1. The molecular formula is C13H27N. The van der Waals surface area contributed by atoms with Gasteiger partial charge in [0.05, 0.1) is 0 Å². The summed E-state index contributed by atoms with van der Waals surface area (Å²) >= 11 is 0. The van der Waals surface area contributed by atoms with Crippen molar-refractivity contribution in [1.82, 2.24) is 0 Å². The summed E-state index contributed by atoms with van der Waals surface area (Å²) in [4.78, 5) is 4.42. The fraction of sp³-hybridized carbons (Fsp3) is 0.923. The quantitative estimate of drug-likeness (QED) is 0.358. The zero-order valence-corrected chi connectivity index (χ0v) is 10.1. The van der Waals surface area contributed by atoms with Crippen LogP contribution in [0.4, 0.5) is 0 Å². The topological polar surface area (TPSA) is 12.4 Å². The molecule has 0 aliphatic carbocycles. The van der Waals surface area contributed by atoms with Crippen molar-refractivity contribution in [3.8, 4) is 0 Å². The van der Waals surface area contributed by atoms with E-state index >= 15 is 0 Å². The summed E-state index contributed by atoms with van der Waals surface area (Å²) in [6.07, 6.45) is 14.0. The Morgan fingerprint density at radius 3 is 2.07 bits per heavy atom. The minimum Gasteiger partial charge on any atom is -0.298 e. The van der Waals surface area contributed by atoms with Crippen molar-refractivity contribution in [2.24, 2.45) is 4.99 Å². The summed E-state index contributed by atoms with van der Waals surface area (Å²) in [6, 6.07) is 0. The van der Waals surface area contributed by atoms with Crippen LogP contribution >= 0.6 is 0 Å². The predicted molar refractivity (Wildman–Crippen MR) is 66.3 cm³/mol. The lowest BCUT2D eigenvalue weighted by Crippen LogP contribution is -1.84. The van der Waals surface area contributed by atoms with Crippen LogP contribution < -0.4 is 0 Å². The summed E-state index contributed by atoms with van der Waals surface area (Å²) < 4.78 is 0. The van der Waals surface area contributed by atoms with Crippen molar-refractivity contribution in [3.63, 3.8) is 0 Å². The van der Waals surface area contributed by atoms with Gasteiger partial charge < -0.3 is 0 Å². The molecule has 1 nitrogen and oxygen atoms in total. The van der Waals surface area contributed by atoms with Gasteiger partial charge in [0.1, 0.15) is 0 Å². The lowest BCUT2D eigenvalue weighted by molar-refractivity contribution is 0.671. The molecule has 0 fully saturated rings. The largest absolute Gasteiger partial charge is 0.298 e. The molecule has 0 aromatic carbocycles. The maximum absolute atomic E-state index is 4.42. The molecule has 0 saturated heterocycles. The molecule has 0 N–H and O–H groups in total. The smallest absolute Gasteiger partial charge is 0.0385 e. The Morgan fingerprint density at radius 2 is 1.43 bits per heavy atom. The third-order valence-electron chi connectivity index (χ3n) is 2.46. The fourth-order valence-corrected chi connectivity index (χ4v) is 1.47. The van der Waals surface area contributed by atoms with E-state index in [-0.39, 0.29) is 0 Å². The molecule has 84 valence electrons. The average molecular weight is 197 g/mol. The van der Waals surface area contributed by atoms with Gasteiger partial charge in [-0.15, -0.1) is 0 Å². The second-order valence-electron chi connectivity index (χ2n) is 4.00. The van der Waals surface area contributed by atoms with Gasteiger partial charge in [-0.3, -0.25) is 4.99 Å². The first-order chi connectivity index (χ1) is 6.91. The third kappa shape index (κ3) is 11.7. The molecule has 1 heteroatoms. The summed E-state index contributed by atoms with van der Waals surface area (Å²) in [6.45, 7) is 5.55. The van der Waals surface area contributed by atoms with Crippen molar-refractivity contribution < 1.29 is 0 Å². The van der Waals surface area contributed by atoms with Crippen molar-refractivity contribution in [2.45, 2.75) is 71.6 Å². The zero-order chi connectivity index (χ0) is 10.5. The molecule has 0 radical (unpaired) electrons. The molecule has 0 spiro atoms. The number of rotatable bonds is 10. The molecule has 0 atom stereocenters. The maximum atomic E-state index is 4.42. The molecule has 0 unspecified atom stereocenters. The number of hydrogen-bond donors (Lipinski definition) is 0. The van der Waals surface area contributed by atoms with E-state index in [9.17, 15) is 0 Å². The minimum atomic E-state index is 1.05. The second-order valence-corrected chi connectivity index (χ2v) is 4.00. The fourth-order valence-electron chi connectivity index (χ4n) is 1.47. The standard InChI is InChI=1S/C13H27N/c1-3-5-7-9-11-13-14-12-10-8-6-4-2/h13H,3-12H2,1-2H3. The Bertz CT molecular complexity index is 104. The van der Waals surface area contributed by atoms with E-state index in [4.69, 9.17) is 0 Å². The van der Waals surface area contributed by atoms with Crippen molar-refractivity contribution in [2.75, 3.05) is 6.54 Å². The van der Waals surface area contributed by atoms with Gasteiger partial charge in [-0.2, -0.15) is 0 Å². The van der Waals surface area contributed by atoms with E-state index in [1.54, 1.807) is 0 Å². The molecule has 0 bridgehead atoms. The SMILES string of the molecule is CCCCCCC=NCCCCCC. The highest BCUT2D eigenvalue weighted by molar-refractivity contribution is 5.56. The molecule has 0 saturated carbocycles. The van der Waals surface area contributed by atoms with E-state index in [1.165, 1.54) is 57.8 Å². The molecule has 0 aromatic rings. The van der Waals surface area contributed by atoms with Crippen LogP contribution in [-0.2, 0) is 0 Å². The van der Waals surface area contributed by atoms with Gasteiger partial charge in [0.15, 0.2) is 0 Å². The normalized spacial score (nSPS) is 11.3. The lowest BCUT2D eigenvalue weighted by atomic mass is 10.2. The molecule has 0 aliphatic rings. The highest BCUT2D eigenvalue weighted by Gasteiger charge is 1.86. The van der Waals surface area contributed by atoms with Gasteiger partial charge in [-0.25, -0.2) is 0 Å². The molecular weight excluding hydrogens is 170 g/mol. The number of aliphatic imine (C=N–C) groups is 1. The van der Waals surface area contributed by atoms with Crippen molar-refractivity contribution in [1.29, 1.82) is 0 Å². The van der Waals surface area contributed by atoms with E-state index in [0.29, 0.717) is 0 Å². The Kier molecular flexibility index (Phi) is 12.4. The molecule has 0 aromatic heterocycles. The summed E-state index contributed by atoms with van der Waals surface area (Å²) in [7, 11) is 0. The summed E-state index contributed by atoms with van der Waals surface area (Å²) in [5, 5.41) is 0. The summed E-state index contributed by atoms with van der Waals surface area (Å²) in [5.74, 6) is 0. The van der Waals surface area contributed by atoms with E-state index in [1.807, 2.05) is 0 Å². The second kappa shape index (κ2) is 12.7. The van der Waals surface area contributed by atoms with Gasteiger partial charge in [0.25, 0.3) is 0 Å². The highest BCUT2D eigenvalue weighted by Crippen LogP contribution is 2.01. The van der Waals surface area contributed by atoms with Crippen LogP contribution in [0.1, 0.15) is 71.6 Å². The van der Waals surface area contributed by atoms with Crippen LogP contribution in [0, 0.1) is 0 Å². The van der Waals surface area contributed by atoms with Crippen molar-refractivity contribution >= 4 is 6.21 Å². The van der Waals surface area contributed by atoms with Gasteiger partial charge in [0.2, 0.25) is 0 Å². The lowest BCUT2D eigenvalue weighted by Gasteiger charge is -1.95. The van der Waals surface area contributed by atoms with Gasteiger partial charge in [-0.1, -0.05) is 52.4 Å². The van der Waals surface area contributed by atoms with Crippen LogP contribution in [0.25, 0.3) is 0 Å². The minimum absolute atomic E-state index is 1.05. The maximum Gasteiger partial charge on any atom is 0.0385 e. The van der Waals surface area contributed by atoms with E-state index < -0.39 is 0 Å². The first kappa shape index (κ1) is 13.7. The van der Waals surface area contributed by atoms with Crippen LogP contribution in [-0.4, -0.2) is 12.8 Å². The number of hydrogen-bond acceptors (Lipinski definition) is 1. The van der Waals surface area contributed by atoms with Gasteiger partial charge >= 0.3 is 0 Å². The molecule has 14 heavy (non-hydrogen) atoms. The third-order valence-corrected chi connectivity index (χ3v) is 2.46. The number of unbranched alkanes of at least 4 members (excludes halogenated alkanes) is 7. The van der Waals surface area contributed by atoms with Crippen LogP contribution in [0.5, 0.6) is 0 Å². The Labute approximate surface area is 90.0 Å². The van der Waals surface area contributed by atoms with Crippen LogP contribution in [0.15, 0.2) is 4.99 Å². The van der Waals surface area contributed by atoms with Crippen LogP contribution in [0.2, 0.25) is 0 Å². The number of nitrogens with zero attached hydrogens (tertiary/aromatic N) is 1. The predicted octanol–water partition coefficient (Wildman–Crippen LogP) is 4.61. The monoisotopic (exact) mass is 197 g/mol. The Hall–Kier alpha value is -0.330. The van der Waals surface area contributed by atoms with E-state index in [0.717, 1.165) is 6.54 Å². The first-order valence-electron chi connectivity index (χ1n) is 6.40. The molecule has 0 aliphatic heterocycles.